The Bertz CT molecular complexity index is 1010. The van der Waals surface area contributed by atoms with Gasteiger partial charge in [0.05, 0.1) is 26.2 Å². The van der Waals surface area contributed by atoms with E-state index in [1.165, 1.54) is 15.6 Å². The number of likely N-dealkylation sites (tertiary alicyclic amines) is 1. The molecule has 1 saturated heterocycles. The molecule has 1 aliphatic heterocycles. The van der Waals surface area contributed by atoms with Crippen molar-refractivity contribution in [2.45, 2.75) is 18.9 Å². The van der Waals surface area contributed by atoms with E-state index in [2.05, 4.69) is 40.6 Å². The van der Waals surface area contributed by atoms with Crippen molar-refractivity contribution in [1.82, 2.24) is 4.90 Å². The lowest BCUT2D eigenvalue weighted by atomic mass is 9.90. The van der Waals surface area contributed by atoms with E-state index in [1.54, 1.807) is 25.6 Å². The highest BCUT2D eigenvalue weighted by molar-refractivity contribution is 7.17. The summed E-state index contributed by atoms with van der Waals surface area (Å²) in [6.07, 6.45) is 1.32. The van der Waals surface area contributed by atoms with Gasteiger partial charge in [-0.3, -0.25) is 9.69 Å². The van der Waals surface area contributed by atoms with E-state index in [-0.39, 0.29) is 12.0 Å². The van der Waals surface area contributed by atoms with Crippen LogP contribution in [-0.2, 0) is 4.79 Å². The molecule has 2 heterocycles. The fourth-order valence-corrected chi connectivity index (χ4v) is 5.20. The lowest BCUT2D eigenvalue weighted by Gasteiger charge is -2.37. The molecular formula is C23H25NO4S. The number of methoxy groups -OCH3 is 2. The normalized spacial score (nSPS) is 16.6. The van der Waals surface area contributed by atoms with Crippen LogP contribution in [0.15, 0.2) is 47.8 Å². The third-order valence-corrected chi connectivity index (χ3v) is 6.77. The van der Waals surface area contributed by atoms with Gasteiger partial charge in [-0.1, -0.05) is 18.2 Å². The van der Waals surface area contributed by atoms with E-state index in [0.717, 1.165) is 30.2 Å². The first kappa shape index (κ1) is 19.7. The van der Waals surface area contributed by atoms with Crippen molar-refractivity contribution in [3.05, 3.63) is 59.0 Å². The van der Waals surface area contributed by atoms with Gasteiger partial charge in [0.1, 0.15) is 11.5 Å². The molecule has 0 bridgehead atoms. The van der Waals surface area contributed by atoms with Crippen molar-refractivity contribution in [3.63, 3.8) is 0 Å². The number of ether oxygens (including phenoxy) is 2. The molecule has 1 atom stereocenters. The maximum Gasteiger partial charge on any atom is 0.306 e. The quantitative estimate of drug-likeness (QED) is 0.631. The molecule has 0 aliphatic carbocycles. The number of thiophene rings is 1. The molecule has 3 aromatic rings. The van der Waals surface area contributed by atoms with Crippen LogP contribution in [0.25, 0.3) is 10.1 Å². The molecule has 29 heavy (non-hydrogen) atoms. The first-order valence-corrected chi connectivity index (χ1v) is 10.6. The van der Waals surface area contributed by atoms with Crippen molar-refractivity contribution in [1.29, 1.82) is 0 Å². The van der Waals surface area contributed by atoms with E-state index in [0.29, 0.717) is 12.8 Å². The van der Waals surface area contributed by atoms with Gasteiger partial charge in [-0.15, -0.1) is 11.3 Å². The number of piperidine rings is 1. The van der Waals surface area contributed by atoms with Crippen molar-refractivity contribution >= 4 is 27.4 Å². The third-order valence-electron chi connectivity index (χ3n) is 5.78. The highest BCUT2D eigenvalue weighted by Crippen LogP contribution is 2.42. The zero-order chi connectivity index (χ0) is 20.4. The fourth-order valence-electron chi connectivity index (χ4n) is 4.22. The topological polar surface area (TPSA) is 59.0 Å². The summed E-state index contributed by atoms with van der Waals surface area (Å²) in [5, 5.41) is 12.9. The number of nitrogens with zero attached hydrogens (tertiary/aromatic N) is 1. The Labute approximate surface area is 174 Å². The van der Waals surface area contributed by atoms with E-state index >= 15 is 0 Å². The standard InChI is InChI=1S/C23H25NO4S/c1-27-16-7-8-18(20(13-16)28-2)22(24-11-9-15(10-12-24)23(25)26)19-14-29-21-6-4-3-5-17(19)21/h3-8,13-15,22H,9-12H2,1-2H3,(H,25,26). The lowest BCUT2D eigenvalue weighted by molar-refractivity contribution is -0.143. The summed E-state index contributed by atoms with van der Waals surface area (Å²) in [5.74, 6) is 0.585. The van der Waals surface area contributed by atoms with Gasteiger partial charge in [0, 0.05) is 16.3 Å². The first-order valence-electron chi connectivity index (χ1n) is 9.77. The van der Waals surface area contributed by atoms with Crippen LogP contribution in [-0.4, -0.2) is 43.3 Å². The predicted octanol–water partition coefficient (Wildman–Crippen LogP) is 4.80. The average Bonchev–Trinajstić information content (AvgIpc) is 3.18. The van der Waals surface area contributed by atoms with Crippen molar-refractivity contribution in [2.24, 2.45) is 5.92 Å². The summed E-state index contributed by atoms with van der Waals surface area (Å²) in [6, 6.07) is 14.4. The van der Waals surface area contributed by atoms with E-state index < -0.39 is 5.97 Å². The number of benzene rings is 2. The number of carbonyl (C=O) groups is 1. The van der Waals surface area contributed by atoms with Crippen molar-refractivity contribution in [2.75, 3.05) is 27.3 Å². The van der Waals surface area contributed by atoms with E-state index in [1.807, 2.05) is 12.1 Å². The fraction of sp³-hybridized carbons (Fsp3) is 0.348. The molecule has 0 amide bonds. The minimum atomic E-state index is -0.691. The van der Waals surface area contributed by atoms with Gasteiger partial charge in [-0.2, -0.15) is 0 Å². The zero-order valence-electron chi connectivity index (χ0n) is 16.6. The Balaban J connectivity index is 1.79. The number of hydrogen-bond acceptors (Lipinski definition) is 5. The van der Waals surface area contributed by atoms with Gasteiger partial charge in [0.25, 0.3) is 0 Å². The predicted molar refractivity (Wildman–Crippen MR) is 115 cm³/mol. The zero-order valence-corrected chi connectivity index (χ0v) is 17.4. The van der Waals surface area contributed by atoms with Gasteiger partial charge in [0.15, 0.2) is 0 Å². The first-order chi connectivity index (χ1) is 14.1. The molecule has 2 aromatic carbocycles. The Morgan fingerprint density at radius 3 is 2.55 bits per heavy atom. The van der Waals surface area contributed by atoms with Crippen LogP contribution in [0.2, 0.25) is 0 Å². The Morgan fingerprint density at radius 2 is 1.86 bits per heavy atom. The van der Waals surface area contributed by atoms with Gasteiger partial charge in [-0.25, -0.2) is 0 Å². The van der Waals surface area contributed by atoms with Crippen LogP contribution in [0.1, 0.15) is 30.0 Å². The number of carboxylic acid groups (broad SMARTS) is 1. The second-order valence-electron chi connectivity index (χ2n) is 7.35. The molecule has 152 valence electrons. The van der Waals surface area contributed by atoms with E-state index in [4.69, 9.17) is 9.47 Å². The molecule has 1 N–H and O–H groups in total. The van der Waals surface area contributed by atoms with Gasteiger partial charge >= 0.3 is 5.97 Å². The van der Waals surface area contributed by atoms with Crippen LogP contribution in [0.4, 0.5) is 0 Å². The SMILES string of the molecule is COc1ccc(C(c2csc3ccccc23)N2CCC(C(=O)O)CC2)c(OC)c1. The largest absolute Gasteiger partial charge is 0.497 e. The molecule has 1 unspecified atom stereocenters. The van der Waals surface area contributed by atoms with Gasteiger partial charge in [0.2, 0.25) is 0 Å². The number of aliphatic carboxylic acids is 1. The number of rotatable bonds is 6. The molecular weight excluding hydrogens is 386 g/mol. The van der Waals surface area contributed by atoms with Gasteiger partial charge in [-0.05, 0) is 60.5 Å². The third kappa shape index (κ3) is 3.82. The minimum Gasteiger partial charge on any atom is -0.497 e. The summed E-state index contributed by atoms with van der Waals surface area (Å²) in [4.78, 5) is 13.8. The van der Waals surface area contributed by atoms with Crippen LogP contribution in [0.3, 0.4) is 0 Å². The Kier molecular flexibility index (Phi) is 5.74. The van der Waals surface area contributed by atoms with Crippen molar-refractivity contribution < 1.29 is 19.4 Å². The van der Waals surface area contributed by atoms with E-state index in [9.17, 15) is 9.90 Å². The smallest absolute Gasteiger partial charge is 0.306 e. The summed E-state index contributed by atoms with van der Waals surface area (Å²) >= 11 is 1.74. The Hall–Kier alpha value is -2.57. The second-order valence-corrected chi connectivity index (χ2v) is 8.26. The minimum absolute atomic E-state index is 0.00162. The molecule has 0 radical (unpaired) electrons. The highest BCUT2D eigenvalue weighted by Gasteiger charge is 2.32. The molecule has 4 rings (SSSR count). The number of hydrogen-bond donors (Lipinski definition) is 1. The number of fused-ring (bicyclic) bond motifs is 1. The molecule has 0 spiro atoms. The summed E-state index contributed by atoms with van der Waals surface area (Å²) in [6.45, 7) is 1.47. The molecule has 5 nitrogen and oxygen atoms in total. The molecule has 1 aliphatic rings. The lowest BCUT2D eigenvalue weighted by Crippen LogP contribution is -2.39. The van der Waals surface area contributed by atoms with Crippen LogP contribution in [0, 0.1) is 5.92 Å². The molecule has 1 fully saturated rings. The molecule has 0 saturated carbocycles. The maximum absolute atomic E-state index is 11.4. The summed E-state index contributed by atoms with van der Waals surface area (Å²) < 4.78 is 12.4. The Morgan fingerprint density at radius 1 is 1.10 bits per heavy atom. The van der Waals surface area contributed by atoms with Gasteiger partial charge < -0.3 is 14.6 Å². The van der Waals surface area contributed by atoms with Crippen LogP contribution < -0.4 is 9.47 Å². The van der Waals surface area contributed by atoms with Crippen molar-refractivity contribution in [3.8, 4) is 11.5 Å². The van der Waals surface area contributed by atoms with Crippen LogP contribution >= 0.6 is 11.3 Å². The summed E-state index contributed by atoms with van der Waals surface area (Å²) in [7, 11) is 3.33. The average molecular weight is 412 g/mol. The second kappa shape index (κ2) is 8.43. The highest BCUT2D eigenvalue weighted by atomic mass is 32.1. The monoisotopic (exact) mass is 411 g/mol. The van der Waals surface area contributed by atoms with Crippen LogP contribution in [0.5, 0.6) is 11.5 Å². The molecule has 6 heteroatoms. The number of carboxylic acids is 1. The maximum atomic E-state index is 11.4. The summed E-state index contributed by atoms with van der Waals surface area (Å²) in [5.41, 5.74) is 2.31. The molecule has 1 aromatic heterocycles.